The topological polar surface area (TPSA) is 35.0 Å². The van der Waals surface area contributed by atoms with Gasteiger partial charge in [0.15, 0.2) is 0 Å². The number of halogens is 3. The molecule has 0 fully saturated rings. The number of nitrogens with zero attached hydrogens (tertiary/aromatic N) is 2. The SMILES string of the molecule is C=C(C)COc1ccnc(C(F)(F)F)n1.CC. The van der Waals surface area contributed by atoms with Gasteiger partial charge in [-0.3, -0.25) is 0 Å². The molecule has 0 radical (unpaired) electrons. The van der Waals surface area contributed by atoms with Gasteiger partial charge in [-0.05, 0) is 12.5 Å². The molecule has 0 N–H and O–H groups in total. The van der Waals surface area contributed by atoms with Crippen LogP contribution in [0.3, 0.4) is 0 Å². The van der Waals surface area contributed by atoms with Crippen molar-refractivity contribution in [3.05, 3.63) is 30.2 Å². The third kappa shape index (κ3) is 5.89. The lowest BCUT2D eigenvalue weighted by atomic mass is 10.4. The molecule has 0 unspecified atom stereocenters. The Bertz CT molecular complexity index is 364. The lowest BCUT2D eigenvalue weighted by Gasteiger charge is -2.07. The minimum atomic E-state index is -4.55. The van der Waals surface area contributed by atoms with Crippen molar-refractivity contribution in [3.8, 4) is 5.88 Å². The van der Waals surface area contributed by atoms with Gasteiger partial charge in [0.25, 0.3) is 0 Å². The van der Waals surface area contributed by atoms with Gasteiger partial charge in [-0.15, -0.1) is 0 Å². The predicted molar refractivity (Wildman–Crippen MR) is 58.7 cm³/mol. The molecule has 3 nitrogen and oxygen atoms in total. The summed E-state index contributed by atoms with van der Waals surface area (Å²) in [5.74, 6) is -1.32. The fourth-order valence-corrected chi connectivity index (χ4v) is 0.756. The third-order valence-electron chi connectivity index (χ3n) is 1.35. The van der Waals surface area contributed by atoms with E-state index in [1.165, 1.54) is 6.07 Å². The van der Waals surface area contributed by atoms with Crippen molar-refractivity contribution in [3.63, 3.8) is 0 Å². The van der Waals surface area contributed by atoms with Crippen LogP contribution in [-0.2, 0) is 6.18 Å². The number of hydrogen-bond donors (Lipinski definition) is 0. The summed E-state index contributed by atoms with van der Waals surface area (Å²) in [5, 5.41) is 0. The molecule has 0 atom stereocenters. The number of hydrogen-bond acceptors (Lipinski definition) is 3. The molecule has 0 aliphatic carbocycles. The zero-order valence-electron chi connectivity index (χ0n) is 10.0. The maximum Gasteiger partial charge on any atom is 0.451 e. The fraction of sp³-hybridized carbons (Fsp3) is 0.455. The van der Waals surface area contributed by atoms with E-state index < -0.39 is 12.0 Å². The average molecular weight is 248 g/mol. The smallest absolute Gasteiger partial charge is 0.451 e. The van der Waals surface area contributed by atoms with Crippen molar-refractivity contribution < 1.29 is 17.9 Å². The summed E-state index contributed by atoms with van der Waals surface area (Å²) >= 11 is 0. The molecule has 0 amide bonds. The van der Waals surface area contributed by atoms with Crippen LogP contribution < -0.4 is 4.74 Å². The van der Waals surface area contributed by atoms with E-state index in [4.69, 9.17) is 4.74 Å². The minimum Gasteiger partial charge on any atom is -0.473 e. The lowest BCUT2D eigenvalue weighted by Crippen LogP contribution is -2.11. The van der Waals surface area contributed by atoms with E-state index in [9.17, 15) is 13.2 Å². The highest BCUT2D eigenvalue weighted by Gasteiger charge is 2.34. The Kier molecular flexibility index (Phi) is 6.23. The van der Waals surface area contributed by atoms with Gasteiger partial charge >= 0.3 is 6.18 Å². The van der Waals surface area contributed by atoms with Crippen molar-refractivity contribution in [2.24, 2.45) is 0 Å². The molecule has 6 heteroatoms. The van der Waals surface area contributed by atoms with Crippen molar-refractivity contribution in [1.82, 2.24) is 9.97 Å². The molecular formula is C11H15F3N2O. The van der Waals surface area contributed by atoms with E-state index in [1.807, 2.05) is 13.8 Å². The van der Waals surface area contributed by atoms with Crippen molar-refractivity contribution in [1.29, 1.82) is 0 Å². The van der Waals surface area contributed by atoms with Gasteiger partial charge in [-0.2, -0.15) is 18.2 Å². The fourth-order valence-electron chi connectivity index (χ4n) is 0.756. The number of ether oxygens (including phenoxy) is 1. The third-order valence-corrected chi connectivity index (χ3v) is 1.35. The van der Waals surface area contributed by atoms with Crippen molar-refractivity contribution in [2.45, 2.75) is 26.9 Å². The Hall–Kier alpha value is -1.59. The van der Waals surface area contributed by atoms with Crippen LogP contribution in [0.2, 0.25) is 0 Å². The van der Waals surface area contributed by atoms with Gasteiger partial charge in [-0.25, -0.2) is 4.98 Å². The number of alkyl halides is 3. The first-order valence-electron chi connectivity index (χ1n) is 5.07. The summed E-state index contributed by atoms with van der Waals surface area (Å²) in [6.07, 6.45) is -3.55. The maximum atomic E-state index is 12.2. The highest BCUT2D eigenvalue weighted by molar-refractivity contribution is 5.11. The molecule has 0 saturated heterocycles. The van der Waals surface area contributed by atoms with Crippen LogP contribution in [0.1, 0.15) is 26.6 Å². The first-order chi connectivity index (χ1) is 7.89. The Morgan fingerprint density at radius 3 is 2.47 bits per heavy atom. The highest BCUT2D eigenvalue weighted by atomic mass is 19.4. The second-order valence-corrected chi connectivity index (χ2v) is 2.96. The van der Waals surface area contributed by atoms with Gasteiger partial charge in [-0.1, -0.05) is 20.4 Å². The second-order valence-electron chi connectivity index (χ2n) is 2.96. The Labute approximate surface area is 98.4 Å². The molecule has 0 aromatic carbocycles. The van der Waals surface area contributed by atoms with Gasteiger partial charge in [0.05, 0.1) is 0 Å². The van der Waals surface area contributed by atoms with Crippen molar-refractivity contribution >= 4 is 0 Å². The van der Waals surface area contributed by atoms with Crippen LogP contribution in [0.4, 0.5) is 13.2 Å². The van der Waals surface area contributed by atoms with Crippen LogP contribution in [-0.4, -0.2) is 16.6 Å². The molecule has 1 aromatic heterocycles. The summed E-state index contributed by atoms with van der Waals surface area (Å²) in [6, 6.07) is 1.26. The van der Waals surface area contributed by atoms with Gasteiger partial charge < -0.3 is 4.74 Å². The summed E-state index contributed by atoms with van der Waals surface area (Å²) in [7, 11) is 0. The van der Waals surface area contributed by atoms with Crippen LogP contribution in [0.5, 0.6) is 5.88 Å². The average Bonchev–Trinajstić information content (AvgIpc) is 2.28. The van der Waals surface area contributed by atoms with E-state index in [0.29, 0.717) is 5.57 Å². The van der Waals surface area contributed by atoms with Crippen LogP contribution in [0, 0.1) is 0 Å². The van der Waals surface area contributed by atoms with E-state index >= 15 is 0 Å². The molecule has 96 valence electrons. The van der Waals surface area contributed by atoms with Gasteiger partial charge in [0, 0.05) is 12.3 Å². The molecule has 0 bridgehead atoms. The summed E-state index contributed by atoms with van der Waals surface area (Å²) in [4.78, 5) is 6.32. The predicted octanol–water partition coefficient (Wildman–Crippen LogP) is 3.48. The molecule has 0 saturated carbocycles. The van der Waals surface area contributed by atoms with Crippen molar-refractivity contribution in [2.75, 3.05) is 6.61 Å². The van der Waals surface area contributed by atoms with E-state index in [1.54, 1.807) is 6.92 Å². The molecule has 1 aromatic rings. The molecule has 0 spiro atoms. The van der Waals surface area contributed by atoms with E-state index in [0.717, 1.165) is 6.20 Å². The molecule has 0 aliphatic heterocycles. The van der Waals surface area contributed by atoms with Gasteiger partial charge in [0.1, 0.15) is 6.61 Å². The second kappa shape index (κ2) is 6.88. The molecule has 1 rings (SSSR count). The van der Waals surface area contributed by atoms with E-state index in [2.05, 4.69) is 16.5 Å². The largest absolute Gasteiger partial charge is 0.473 e. The monoisotopic (exact) mass is 248 g/mol. The first-order valence-corrected chi connectivity index (χ1v) is 5.07. The molecular weight excluding hydrogens is 233 g/mol. The van der Waals surface area contributed by atoms with Crippen LogP contribution in [0.25, 0.3) is 0 Å². The Balaban J connectivity index is 0.00000121. The van der Waals surface area contributed by atoms with Crippen LogP contribution in [0.15, 0.2) is 24.4 Å². The Morgan fingerprint density at radius 1 is 1.41 bits per heavy atom. The normalized spacial score (nSPS) is 10.2. The van der Waals surface area contributed by atoms with Crippen LogP contribution >= 0.6 is 0 Å². The van der Waals surface area contributed by atoms with Gasteiger partial charge in [0.2, 0.25) is 11.7 Å². The number of aromatic nitrogens is 2. The highest BCUT2D eigenvalue weighted by Crippen LogP contribution is 2.26. The first kappa shape index (κ1) is 15.4. The standard InChI is InChI=1S/C9H9F3N2O.C2H6/c1-6(2)5-15-7-3-4-13-8(14-7)9(10,11)12;1-2/h3-4H,1,5H2,2H3;1-2H3. The summed E-state index contributed by atoms with van der Waals surface area (Å²) in [5.41, 5.74) is 0.696. The zero-order valence-corrected chi connectivity index (χ0v) is 10.0. The molecule has 1 heterocycles. The molecule has 17 heavy (non-hydrogen) atoms. The summed E-state index contributed by atoms with van der Waals surface area (Å²) in [6.45, 7) is 9.38. The van der Waals surface area contributed by atoms with E-state index in [-0.39, 0.29) is 12.5 Å². The maximum absolute atomic E-state index is 12.2. The lowest BCUT2D eigenvalue weighted by molar-refractivity contribution is -0.145. The Morgan fingerprint density at radius 2 is 2.00 bits per heavy atom. The summed E-state index contributed by atoms with van der Waals surface area (Å²) < 4.78 is 41.5. The minimum absolute atomic E-state index is 0.111. The zero-order chi connectivity index (χ0) is 13.5. The molecule has 0 aliphatic rings. The quantitative estimate of drug-likeness (QED) is 0.768. The number of rotatable bonds is 3.